The third-order valence-corrected chi connectivity index (χ3v) is 5.06. The highest BCUT2D eigenvalue weighted by atomic mass is 32.1. The van der Waals surface area contributed by atoms with Crippen molar-refractivity contribution in [3.05, 3.63) is 10.6 Å². The Kier molecular flexibility index (Phi) is 4.62. The lowest BCUT2D eigenvalue weighted by atomic mass is 9.95. The first-order chi connectivity index (χ1) is 8.65. The molecule has 18 heavy (non-hydrogen) atoms. The average Bonchev–Trinajstić information content (AvgIpc) is 2.94. The Morgan fingerprint density at radius 3 is 2.83 bits per heavy atom. The molecule has 1 fully saturated rings. The third-order valence-electron chi connectivity index (χ3n) is 3.88. The summed E-state index contributed by atoms with van der Waals surface area (Å²) in [5.74, 6) is 1.60. The van der Waals surface area contributed by atoms with Crippen molar-refractivity contribution in [3.63, 3.8) is 0 Å². The Hall–Kier alpha value is -0.610. The van der Waals surface area contributed by atoms with Crippen LogP contribution in [0, 0.1) is 11.8 Å². The maximum Gasteiger partial charge on any atom is 0.185 e. The monoisotopic (exact) mass is 267 g/mol. The molecule has 4 heteroatoms. The van der Waals surface area contributed by atoms with E-state index in [1.54, 1.807) is 11.3 Å². The van der Waals surface area contributed by atoms with Crippen molar-refractivity contribution in [2.45, 2.75) is 46.6 Å². The van der Waals surface area contributed by atoms with Crippen LogP contribution in [0.2, 0.25) is 0 Å². The summed E-state index contributed by atoms with van der Waals surface area (Å²) in [6.45, 7) is 9.80. The summed E-state index contributed by atoms with van der Waals surface area (Å²) >= 11 is 1.80. The summed E-state index contributed by atoms with van der Waals surface area (Å²) in [5.41, 5.74) is 7.05. The van der Waals surface area contributed by atoms with Crippen molar-refractivity contribution in [2.24, 2.45) is 17.6 Å². The summed E-state index contributed by atoms with van der Waals surface area (Å²) in [4.78, 5) is 8.54. The van der Waals surface area contributed by atoms with Gasteiger partial charge < -0.3 is 10.6 Å². The molecule has 0 saturated carbocycles. The number of anilines is 1. The number of thiazole rings is 1. The molecule has 1 aliphatic heterocycles. The number of nitrogens with two attached hydrogens (primary N) is 1. The van der Waals surface area contributed by atoms with E-state index in [9.17, 15) is 0 Å². The number of aromatic nitrogens is 1. The minimum atomic E-state index is 0.633. The van der Waals surface area contributed by atoms with Gasteiger partial charge in [0.1, 0.15) is 0 Å². The van der Waals surface area contributed by atoms with E-state index in [0.29, 0.717) is 6.54 Å². The molecule has 1 aromatic rings. The summed E-state index contributed by atoms with van der Waals surface area (Å²) < 4.78 is 0. The fourth-order valence-electron chi connectivity index (χ4n) is 2.60. The molecule has 1 atom stereocenters. The molecule has 0 spiro atoms. The van der Waals surface area contributed by atoms with Crippen LogP contribution < -0.4 is 10.6 Å². The number of rotatable bonds is 5. The van der Waals surface area contributed by atoms with E-state index in [2.05, 4.69) is 25.7 Å². The summed E-state index contributed by atoms with van der Waals surface area (Å²) in [7, 11) is 0. The zero-order chi connectivity index (χ0) is 13.1. The maximum absolute atomic E-state index is 5.82. The van der Waals surface area contributed by atoms with Gasteiger partial charge in [-0.3, -0.25) is 0 Å². The summed E-state index contributed by atoms with van der Waals surface area (Å²) in [6.07, 6.45) is 3.51. The topological polar surface area (TPSA) is 42.2 Å². The lowest BCUT2D eigenvalue weighted by Crippen LogP contribution is -2.20. The Morgan fingerprint density at radius 2 is 2.28 bits per heavy atom. The molecular weight excluding hydrogens is 242 g/mol. The molecule has 3 nitrogen and oxygen atoms in total. The lowest BCUT2D eigenvalue weighted by Gasteiger charge is -2.16. The van der Waals surface area contributed by atoms with Crippen LogP contribution in [0.4, 0.5) is 5.13 Å². The Balaban J connectivity index is 2.10. The van der Waals surface area contributed by atoms with Crippen LogP contribution in [0.3, 0.4) is 0 Å². The minimum absolute atomic E-state index is 0.633. The van der Waals surface area contributed by atoms with Crippen molar-refractivity contribution in [2.75, 3.05) is 18.0 Å². The molecule has 1 aliphatic rings. The SMILES string of the molecule is CCCc1nc(N2CCC(C(C)C)C2)sc1CN. The standard InChI is InChI=1S/C14H25N3S/c1-4-5-12-13(8-15)18-14(16-12)17-7-6-11(9-17)10(2)3/h10-11H,4-9,15H2,1-3H3. The maximum atomic E-state index is 5.82. The van der Waals surface area contributed by atoms with E-state index in [-0.39, 0.29) is 0 Å². The largest absolute Gasteiger partial charge is 0.348 e. The van der Waals surface area contributed by atoms with Gasteiger partial charge in [0.15, 0.2) is 5.13 Å². The predicted molar refractivity (Wildman–Crippen MR) is 79.2 cm³/mol. The predicted octanol–water partition coefficient (Wildman–Crippen LogP) is 3.04. The highest BCUT2D eigenvalue weighted by Crippen LogP contribution is 2.32. The van der Waals surface area contributed by atoms with Crippen LogP contribution in [0.5, 0.6) is 0 Å². The Labute approximate surface area is 114 Å². The van der Waals surface area contributed by atoms with E-state index in [1.807, 2.05) is 0 Å². The van der Waals surface area contributed by atoms with Crippen LogP contribution >= 0.6 is 11.3 Å². The molecule has 2 N–H and O–H groups in total. The number of hydrogen-bond acceptors (Lipinski definition) is 4. The van der Waals surface area contributed by atoms with E-state index in [4.69, 9.17) is 10.7 Å². The highest BCUT2D eigenvalue weighted by Gasteiger charge is 2.27. The van der Waals surface area contributed by atoms with Crippen LogP contribution in [-0.4, -0.2) is 18.1 Å². The van der Waals surface area contributed by atoms with Gasteiger partial charge in [0, 0.05) is 24.5 Å². The minimum Gasteiger partial charge on any atom is -0.348 e. The molecule has 0 amide bonds. The van der Waals surface area contributed by atoms with Gasteiger partial charge in [-0.15, -0.1) is 11.3 Å². The highest BCUT2D eigenvalue weighted by molar-refractivity contribution is 7.15. The van der Waals surface area contributed by atoms with Crippen molar-refractivity contribution in [1.82, 2.24) is 4.98 Å². The van der Waals surface area contributed by atoms with E-state index in [1.165, 1.54) is 28.7 Å². The fraction of sp³-hybridized carbons (Fsp3) is 0.786. The quantitative estimate of drug-likeness (QED) is 0.891. The van der Waals surface area contributed by atoms with Gasteiger partial charge in [-0.2, -0.15) is 0 Å². The molecule has 2 rings (SSSR count). The number of hydrogen-bond donors (Lipinski definition) is 1. The van der Waals surface area contributed by atoms with Crippen LogP contribution in [0.1, 0.15) is 44.2 Å². The van der Waals surface area contributed by atoms with Crippen LogP contribution in [0.15, 0.2) is 0 Å². The van der Waals surface area contributed by atoms with E-state index in [0.717, 1.165) is 31.2 Å². The summed E-state index contributed by atoms with van der Waals surface area (Å²) in [6, 6.07) is 0. The number of nitrogens with zero attached hydrogens (tertiary/aromatic N) is 2. The van der Waals surface area contributed by atoms with Crippen molar-refractivity contribution < 1.29 is 0 Å². The van der Waals surface area contributed by atoms with Crippen molar-refractivity contribution in [3.8, 4) is 0 Å². The normalized spacial score (nSPS) is 20.1. The first-order valence-electron chi connectivity index (χ1n) is 7.09. The average molecular weight is 267 g/mol. The zero-order valence-corrected chi connectivity index (χ0v) is 12.6. The second-order valence-electron chi connectivity index (χ2n) is 5.56. The molecular formula is C14H25N3S. The molecule has 1 aromatic heterocycles. The van der Waals surface area contributed by atoms with Crippen molar-refractivity contribution >= 4 is 16.5 Å². The zero-order valence-electron chi connectivity index (χ0n) is 11.8. The molecule has 0 aromatic carbocycles. The molecule has 1 saturated heterocycles. The molecule has 0 bridgehead atoms. The van der Waals surface area contributed by atoms with E-state index >= 15 is 0 Å². The Morgan fingerprint density at radius 1 is 1.50 bits per heavy atom. The van der Waals surface area contributed by atoms with Gasteiger partial charge in [0.2, 0.25) is 0 Å². The first-order valence-corrected chi connectivity index (χ1v) is 7.91. The smallest absolute Gasteiger partial charge is 0.185 e. The number of aryl methyl sites for hydroxylation is 1. The lowest BCUT2D eigenvalue weighted by molar-refractivity contribution is 0.422. The molecule has 0 radical (unpaired) electrons. The van der Waals surface area contributed by atoms with E-state index < -0.39 is 0 Å². The molecule has 102 valence electrons. The van der Waals surface area contributed by atoms with Gasteiger partial charge in [-0.25, -0.2) is 4.98 Å². The van der Waals surface area contributed by atoms with Crippen LogP contribution in [-0.2, 0) is 13.0 Å². The summed E-state index contributed by atoms with van der Waals surface area (Å²) in [5, 5.41) is 1.20. The third kappa shape index (κ3) is 2.86. The molecule has 0 aliphatic carbocycles. The Bertz CT molecular complexity index is 386. The fourth-order valence-corrected chi connectivity index (χ4v) is 3.62. The first kappa shape index (κ1) is 13.8. The second kappa shape index (κ2) is 6.02. The van der Waals surface area contributed by atoms with Gasteiger partial charge in [0.05, 0.1) is 5.69 Å². The molecule has 1 unspecified atom stereocenters. The van der Waals surface area contributed by atoms with Gasteiger partial charge >= 0.3 is 0 Å². The van der Waals surface area contributed by atoms with Crippen LogP contribution in [0.25, 0.3) is 0 Å². The van der Waals surface area contributed by atoms with Gasteiger partial charge in [0.25, 0.3) is 0 Å². The second-order valence-corrected chi connectivity index (χ2v) is 6.62. The van der Waals surface area contributed by atoms with Crippen molar-refractivity contribution in [1.29, 1.82) is 0 Å². The molecule has 2 heterocycles. The van der Waals surface area contributed by atoms with Gasteiger partial charge in [-0.1, -0.05) is 27.2 Å². The van der Waals surface area contributed by atoms with Gasteiger partial charge in [-0.05, 0) is 24.7 Å².